The molecule has 1 heterocycles. The fourth-order valence-corrected chi connectivity index (χ4v) is 3.54. The number of hydrogen-bond acceptors (Lipinski definition) is 3. The van der Waals surface area contributed by atoms with Gasteiger partial charge >= 0.3 is 0 Å². The largest absolute Gasteiger partial charge is 0.508 e. The number of phenolic OH excluding ortho intramolecular Hbond substituents is 1. The first-order valence-corrected chi connectivity index (χ1v) is 8.88. The Bertz CT molecular complexity index is 974. The Morgan fingerprint density at radius 2 is 1.71 bits per heavy atom. The van der Waals surface area contributed by atoms with Crippen LogP contribution in [0.3, 0.4) is 0 Å². The van der Waals surface area contributed by atoms with E-state index in [1.54, 1.807) is 0 Å². The molecule has 0 fully saturated rings. The van der Waals surface area contributed by atoms with E-state index in [2.05, 4.69) is 4.72 Å². The number of rotatable bonds is 4. The van der Waals surface area contributed by atoms with E-state index in [-0.39, 0.29) is 10.6 Å². The number of phenols is 1. The average molecular weight is 342 g/mol. The Morgan fingerprint density at radius 1 is 1.00 bits per heavy atom. The van der Waals surface area contributed by atoms with E-state index in [0.717, 1.165) is 16.7 Å². The Kier molecular flexibility index (Phi) is 4.07. The lowest BCUT2D eigenvalue weighted by Crippen LogP contribution is -2.13. The molecule has 1 aromatic heterocycles. The molecule has 0 unspecified atom stereocenters. The summed E-state index contributed by atoms with van der Waals surface area (Å²) in [5, 5.41) is 9.30. The van der Waals surface area contributed by atoms with Crippen molar-refractivity contribution >= 4 is 15.7 Å². The Balaban J connectivity index is 1.96. The van der Waals surface area contributed by atoms with E-state index in [0.29, 0.717) is 5.69 Å². The van der Waals surface area contributed by atoms with Crippen LogP contribution in [0.5, 0.6) is 5.75 Å². The van der Waals surface area contributed by atoms with Crippen LogP contribution in [0.25, 0.3) is 11.1 Å². The van der Waals surface area contributed by atoms with E-state index in [1.807, 2.05) is 55.2 Å². The van der Waals surface area contributed by atoms with Gasteiger partial charge in [0.1, 0.15) is 5.75 Å². The van der Waals surface area contributed by atoms with Crippen molar-refractivity contribution in [2.24, 2.45) is 7.05 Å². The quantitative estimate of drug-likeness (QED) is 0.762. The summed E-state index contributed by atoms with van der Waals surface area (Å²) >= 11 is 0. The highest BCUT2D eigenvalue weighted by atomic mass is 32.2. The third-order valence-corrected chi connectivity index (χ3v) is 5.18. The van der Waals surface area contributed by atoms with Crippen LogP contribution in [0, 0.1) is 6.92 Å². The number of aryl methyl sites for hydroxylation is 2. The Labute approximate surface area is 141 Å². The molecule has 0 aliphatic heterocycles. The van der Waals surface area contributed by atoms with E-state index < -0.39 is 10.0 Å². The van der Waals surface area contributed by atoms with Crippen molar-refractivity contribution in [3.05, 3.63) is 66.5 Å². The van der Waals surface area contributed by atoms with Gasteiger partial charge in [0.25, 0.3) is 10.0 Å². The molecule has 0 spiro atoms. The van der Waals surface area contributed by atoms with Crippen LogP contribution in [0.4, 0.5) is 5.69 Å². The summed E-state index contributed by atoms with van der Waals surface area (Å²) < 4.78 is 29.6. The van der Waals surface area contributed by atoms with Gasteiger partial charge in [-0.1, -0.05) is 12.1 Å². The molecule has 0 aliphatic rings. The normalized spacial score (nSPS) is 11.4. The van der Waals surface area contributed by atoms with Crippen LogP contribution >= 0.6 is 0 Å². The van der Waals surface area contributed by atoms with E-state index in [9.17, 15) is 13.5 Å². The minimum Gasteiger partial charge on any atom is -0.508 e. The standard InChI is InChI=1S/C18H18N2O3S/c1-13-3-4-14(15-9-10-20(2)12-15)11-18(13)19-24(22,23)17-7-5-16(21)6-8-17/h3-12,19,21H,1-2H3. The molecule has 0 atom stereocenters. The SMILES string of the molecule is Cc1ccc(-c2ccn(C)c2)cc1NS(=O)(=O)c1ccc(O)cc1. The molecule has 2 aromatic carbocycles. The van der Waals surface area contributed by atoms with E-state index in [4.69, 9.17) is 0 Å². The first-order chi connectivity index (χ1) is 11.3. The molecule has 0 amide bonds. The number of nitrogens with one attached hydrogen (secondary N) is 1. The summed E-state index contributed by atoms with van der Waals surface area (Å²) in [6, 6.07) is 13.1. The van der Waals surface area contributed by atoms with Crippen molar-refractivity contribution in [3.63, 3.8) is 0 Å². The zero-order chi connectivity index (χ0) is 17.3. The van der Waals surface area contributed by atoms with Crippen LogP contribution in [-0.4, -0.2) is 18.1 Å². The van der Waals surface area contributed by atoms with Gasteiger partial charge in [-0.05, 0) is 60.0 Å². The summed E-state index contributed by atoms with van der Waals surface area (Å²) in [4.78, 5) is 0.102. The fraction of sp³-hybridized carbons (Fsp3) is 0.111. The number of sulfonamides is 1. The predicted octanol–water partition coefficient (Wildman–Crippen LogP) is 3.51. The third-order valence-electron chi connectivity index (χ3n) is 3.79. The summed E-state index contributed by atoms with van der Waals surface area (Å²) in [5.41, 5.74) is 3.31. The van der Waals surface area contributed by atoms with Gasteiger partial charge in [0, 0.05) is 19.4 Å². The molecule has 0 bridgehead atoms. The zero-order valence-corrected chi connectivity index (χ0v) is 14.2. The highest BCUT2D eigenvalue weighted by Gasteiger charge is 2.16. The van der Waals surface area contributed by atoms with E-state index in [1.165, 1.54) is 24.3 Å². The molecule has 0 radical (unpaired) electrons. The third kappa shape index (κ3) is 3.28. The topological polar surface area (TPSA) is 71.3 Å². The number of nitrogens with zero attached hydrogens (tertiary/aromatic N) is 1. The first kappa shape index (κ1) is 16.1. The van der Waals surface area contributed by atoms with Crippen LogP contribution < -0.4 is 4.72 Å². The van der Waals surface area contributed by atoms with Gasteiger partial charge in [0.05, 0.1) is 10.6 Å². The second-order valence-corrected chi connectivity index (χ2v) is 7.38. The van der Waals surface area contributed by atoms with Crippen molar-refractivity contribution < 1.29 is 13.5 Å². The monoisotopic (exact) mass is 342 g/mol. The summed E-state index contributed by atoms with van der Waals surface area (Å²) in [6.45, 7) is 1.85. The predicted molar refractivity (Wildman–Crippen MR) is 94.5 cm³/mol. The van der Waals surface area contributed by atoms with Crippen molar-refractivity contribution in [1.82, 2.24) is 4.57 Å². The number of aromatic hydroxyl groups is 1. The van der Waals surface area contributed by atoms with E-state index >= 15 is 0 Å². The maximum atomic E-state index is 12.5. The molecular formula is C18H18N2O3S. The minimum atomic E-state index is -3.71. The maximum Gasteiger partial charge on any atom is 0.261 e. The number of benzene rings is 2. The maximum absolute atomic E-state index is 12.5. The second-order valence-electron chi connectivity index (χ2n) is 5.69. The molecule has 24 heavy (non-hydrogen) atoms. The molecule has 3 rings (SSSR count). The lowest BCUT2D eigenvalue weighted by Gasteiger charge is -2.12. The molecule has 2 N–H and O–H groups in total. The van der Waals surface area contributed by atoms with Gasteiger partial charge in [-0.2, -0.15) is 0 Å². The molecule has 6 heteroatoms. The van der Waals surface area contributed by atoms with Crippen molar-refractivity contribution in [2.45, 2.75) is 11.8 Å². The lowest BCUT2D eigenvalue weighted by molar-refractivity contribution is 0.475. The molecule has 5 nitrogen and oxygen atoms in total. The summed E-state index contributed by atoms with van der Waals surface area (Å²) in [7, 11) is -1.78. The molecule has 3 aromatic rings. The van der Waals surface area contributed by atoms with Crippen molar-refractivity contribution in [2.75, 3.05) is 4.72 Å². The molecular weight excluding hydrogens is 324 g/mol. The zero-order valence-electron chi connectivity index (χ0n) is 13.4. The van der Waals surface area contributed by atoms with Gasteiger partial charge in [0.2, 0.25) is 0 Å². The highest BCUT2D eigenvalue weighted by molar-refractivity contribution is 7.92. The molecule has 0 saturated carbocycles. The Hall–Kier alpha value is -2.73. The van der Waals surface area contributed by atoms with Gasteiger partial charge in [-0.3, -0.25) is 4.72 Å². The summed E-state index contributed by atoms with van der Waals surface area (Å²) in [5.74, 6) is 0.0243. The van der Waals surface area contributed by atoms with Crippen LogP contribution in [-0.2, 0) is 17.1 Å². The number of anilines is 1. The molecule has 0 saturated heterocycles. The minimum absolute atomic E-state index is 0.0243. The fourth-order valence-electron chi connectivity index (χ4n) is 2.41. The first-order valence-electron chi connectivity index (χ1n) is 7.40. The van der Waals surface area contributed by atoms with Crippen LogP contribution in [0.1, 0.15) is 5.56 Å². The van der Waals surface area contributed by atoms with Crippen LogP contribution in [0.15, 0.2) is 65.8 Å². The lowest BCUT2D eigenvalue weighted by atomic mass is 10.1. The van der Waals surface area contributed by atoms with Crippen LogP contribution in [0.2, 0.25) is 0 Å². The van der Waals surface area contributed by atoms with Gasteiger partial charge in [-0.15, -0.1) is 0 Å². The number of aromatic nitrogens is 1. The smallest absolute Gasteiger partial charge is 0.261 e. The van der Waals surface area contributed by atoms with Crippen molar-refractivity contribution in [3.8, 4) is 16.9 Å². The van der Waals surface area contributed by atoms with Crippen molar-refractivity contribution in [1.29, 1.82) is 0 Å². The summed E-state index contributed by atoms with van der Waals surface area (Å²) in [6.07, 6.45) is 3.92. The molecule has 124 valence electrons. The highest BCUT2D eigenvalue weighted by Crippen LogP contribution is 2.27. The Morgan fingerprint density at radius 3 is 2.33 bits per heavy atom. The number of hydrogen-bond donors (Lipinski definition) is 2. The molecule has 0 aliphatic carbocycles. The second kappa shape index (κ2) is 6.05. The van der Waals surface area contributed by atoms with Gasteiger partial charge < -0.3 is 9.67 Å². The van der Waals surface area contributed by atoms with Gasteiger partial charge in [0.15, 0.2) is 0 Å². The van der Waals surface area contributed by atoms with Gasteiger partial charge in [-0.25, -0.2) is 8.42 Å². The average Bonchev–Trinajstić information content (AvgIpc) is 2.96.